The number of ether oxygens (including phenoxy) is 6. The number of aliphatic hydroxyl groups is 5. The molecular formula is C43H78N2O14. The molecule has 3 rings (SSSR count). The molecule has 0 amide bonds. The molecule has 5 N–H and O–H groups in total. The lowest BCUT2D eigenvalue weighted by atomic mass is 9.73. The summed E-state index contributed by atoms with van der Waals surface area (Å²) in [5, 5.41) is 63.7. The van der Waals surface area contributed by atoms with E-state index in [2.05, 4.69) is 5.16 Å². The van der Waals surface area contributed by atoms with E-state index in [4.69, 9.17) is 33.3 Å². The van der Waals surface area contributed by atoms with Crippen LogP contribution in [0.3, 0.4) is 0 Å². The molecule has 0 radical (unpaired) electrons. The normalized spacial score (nSPS) is 45.5. The van der Waals surface area contributed by atoms with Crippen LogP contribution in [0.1, 0.15) is 116 Å². The van der Waals surface area contributed by atoms with Gasteiger partial charge in [-0.2, -0.15) is 0 Å². The van der Waals surface area contributed by atoms with Crippen LogP contribution >= 0.6 is 0 Å². The second-order valence-corrected chi connectivity index (χ2v) is 19.5. The van der Waals surface area contributed by atoms with Crippen molar-refractivity contribution in [2.75, 3.05) is 27.8 Å². The summed E-state index contributed by atoms with van der Waals surface area (Å²) in [6.45, 7) is 21.7. The molecule has 3 aliphatic rings. The Bertz CT molecular complexity index is 1420. The second-order valence-electron chi connectivity index (χ2n) is 19.5. The molecule has 3 saturated heterocycles. The Labute approximate surface area is 352 Å². The van der Waals surface area contributed by atoms with Crippen molar-refractivity contribution in [2.45, 2.75) is 200 Å². The maximum absolute atomic E-state index is 14.4. The zero-order chi connectivity index (χ0) is 45.2. The highest BCUT2D eigenvalue weighted by atomic mass is 16.7. The molecule has 0 aliphatic carbocycles. The number of nitrogens with zero attached hydrogens (tertiary/aromatic N) is 2. The van der Waals surface area contributed by atoms with Gasteiger partial charge in [-0.3, -0.25) is 9.59 Å². The molecule has 16 nitrogen and oxygen atoms in total. The van der Waals surface area contributed by atoms with Crippen LogP contribution in [0, 0.1) is 29.1 Å². The molecule has 0 bridgehead atoms. The number of oxime groups is 1. The minimum absolute atomic E-state index is 0.0697. The number of hydrogen-bond donors (Lipinski definition) is 5. The van der Waals surface area contributed by atoms with Crippen molar-refractivity contribution in [3.63, 3.8) is 0 Å². The van der Waals surface area contributed by atoms with E-state index in [0.717, 1.165) is 0 Å². The van der Waals surface area contributed by atoms with Crippen LogP contribution < -0.4 is 0 Å². The van der Waals surface area contributed by atoms with Crippen molar-refractivity contribution >= 4 is 17.5 Å². The van der Waals surface area contributed by atoms with E-state index in [1.807, 2.05) is 25.9 Å². The standard InChI is InChI=1S/C43H78N2O14/c1-17-30-43(13,52)35(48)24(4)32(44-54-21-29(46)40(8,9)10)22(2)19-41(11,51)37(59-39-33(47)28(45(14)15)18-23(3)55-39)25(5)34(26(6)38(50)57-30)58-31-20-42(12,53-16)36(49)27(7)56-31/h22-28,30-31,33-37,39,47-49,51-52H,17-21H2,1-16H3/b44-32+/t22-,23-,24+,25+,26-,27+,28+,30?,31+,33-,34?,35-,36+,37-,39+,41-,42-,43-/m1/s1. The van der Waals surface area contributed by atoms with Gasteiger partial charge >= 0.3 is 5.97 Å². The van der Waals surface area contributed by atoms with Gasteiger partial charge in [-0.1, -0.05) is 53.6 Å². The van der Waals surface area contributed by atoms with Crippen molar-refractivity contribution in [2.24, 2.45) is 34.2 Å². The van der Waals surface area contributed by atoms with Crippen LogP contribution in [0.2, 0.25) is 0 Å². The summed E-state index contributed by atoms with van der Waals surface area (Å²) in [6, 6.07) is -0.342. The first-order chi connectivity index (χ1) is 27.0. The van der Waals surface area contributed by atoms with Crippen molar-refractivity contribution in [3.8, 4) is 0 Å². The summed E-state index contributed by atoms with van der Waals surface area (Å²) in [4.78, 5) is 34.7. The molecule has 3 aliphatic heterocycles. The largest absolute Gasteiger partial charge is 0.459 e. The summed E-state index contributed by atoms with van der Waals surface area (Å²) < 4.78 is 37.6. The summed E-state index contributed by atoms with van der Waals surface area (Å²) in [7, 11) is 5.19. The van der Waals surface area contributed by atoms with Crippen LogP contribution in [0.4, 0.5) is 0 Å². The summed E-state index contributed by atoms with van der Waals surface area (Å²) in [5.74, 6) is -4.52. The number of cyclic esters (lactones) is 1. The molecular weight excluding hydrogens is 768 g/mol. The molecule has 2 unspecified atom stereocenters. The van der Waals surface area contributed by atoms with Gasteiger partial charge < -0.3 is 63.7 Å². The fraction of sp³-hybridized carbons (Fsp3) is 0.930. The highest BCUT2D eigenvalue weighted by molar-refractivity contribution is 5.89. The molecule has 0 spiro atoms. The van der Waals surface area contributed by atoms with Gasteiger partial charge in [-0.25, -0.2) is 0 Å². The number of carbonyl (C=O) groups excluding carboxylic acids is 2. The number of rotatable bonds is 10. The molecule has 344 valence electrons. The molecule has 59 heavy (non-hydrogen) atoms. The van der Waals surface area contributed by atoms with E-state index < -0.39 is 107 Å². The van der Waals surface area contributed by atoms with Gasteiger partial charge in [0, 0.05) is 42.7 Å². The maximum Gasteiger partial charge on any atom is 0.311 e. The Morgan fingerprint density at radius 1 is 0.932 bits per heavy atom. The predicted molar refractivity (Wildman–Crippen MR) is 219 cm³/mol. The van der Waals surface area contributed by atoms with Gasteiger partial charge in [0.15, 0.2) is 25.0 Å². The first-order valence-corrected chi connectivity index (χ1v) is 21.3. The third-order valence-electron chi connectivity index (χ3n) is 13.1. The highest BCUT2D eigenvalue weighted by Crippen LogP contribution is 2.41. The van der Waals surface area contributed by atoms with E-state index in [0.29, 0.717) is 6.42 Å². The molecule has 0 saturated carbocycles. The van der Waals surface area contributed by atoms with Crippen LogP contribution in [-0.4, -0.2) is 160 Å². The number of methoxy groups -OCH3 is 1. The first-order valence-electron chi connectivity index (χ1n) is 21.3. The van der Waals surface area contributed by atoms with Crippen LogP contribution in [0.25, 0.3) is 0 Å². The molecule has 16 heteroatoms. The van der Waals surface area contributed by atoms with Gasteiger partial charge in [-0.05, 0) is 74.9 Å². The lowest BCUT2D eigenvalue weighted by Gasteiger charge is -2.49. The van der Waals surface area contributed by atoms with Gasteiger partial charge in [0.1, 0.15) is 23.9 Å². The molecule has 0 aromatic carbocycles. The van der Waals surface area contributed by atoms with E-state index >= 15 is 0 Å². The summed E-state index contributed by atoms with van der Waals surface area (Å²) in [5.41, 5.74) is -5.34. The number of likely N-dealkylation sites (N-methyl/N-ethyl adjacent to an activating group) is 1. The Balaban J connectivity index is 2.26. The number of carbonyl (C=O) groups is 2. The van der Waals surface area contributed by atoms with Gasteiger partial charge in [-0.15, -0.1) is 0 Å². The fourth-order valence-electron chi connectivity index (χ4n) is 8.98. The van der Waals surface area contributed by atoms with Crippen molar-refractivity contribution in [1.29, 1.82) is 0 Å². The quantitative estimate of drug-likeness (QED) is 0.158. The highest BCUT2D eigenvalue weighted by Gasteiger charge is 2.53. The van der Waals surface area contributed by atoms with E-state index in [-0.39, 0.29) is 49.5 Å². The first kappa shape index (κ1) is 51.5. The number of aliphatic hydroxyl groups excluding tert-OH is 3. The zero-order valence-electron chi connectivity index (χ0n) is 38.5. The minimum Gasteiger partial charge on any atom is -0.459 e. The molecule has 0 aromatic rings. The monoisotopic (exact) mass is 847 g/mol. The second kappa shape index (κ2) is 20.1. The average molecular weight is 847 g/mol. The van der Waals surface area contributed by atoms with E-state index in [1.165, 1.54) is 14.0 Å². The predicted octanol–water partition coefficient (Wildman–Crippen LogP) is 3.20. The Kier molecular flexibility index (Phi) is 17.6. The molecule has 0 aromatic heterocycles. The number of Topliss-reactive ketones (excluding diaryl/α,β-unsaturated/α-hetero) is 1. The van der Waals surface area contributed by atoms with Gasteiger partial charge in [0.2, 0.25) is 0 Å². The lowest BCUT2D eigenvalue weighted by molar-refractivity contribution is -0.317. The summed E-state index contributed by atoms with van der Waals surface area (Å²) >= 11 is 0. The maximum atomic E-state index is 14.4. The molecule has 3 fully saturated rings. The summed E-state index contributed by atoms with van der Waals surface area (Å²) in [6.07, 6.45) is -9.78. The van der Waals surface area contributed by atoms with Crippen LogP contribution in [0.5, 0.6) is 0 Å². The number of hydrogen-bond acceptors (Lipinski definition) is 16. The Hall–Kier alpha value is -1.83. The number of esters is 1. The van der Waals surface area contributed by atoms with Crippen molar-refractivity contribution in [1.82, 2.24) is 4.90 Å². The Morgan fingerprint density at radius 3 is 2.08 bits per heavy atom. The Morgan fingerprint density at radius 2 is 1.54 bits per heavy atom. The SMILES string of the molecule is CCC1OC(=O)[C@H](C)C(O[C@H]2C[C@@](C)(OC)[C@@H](O)[C@H](C)O2)[C@H](C)[C@@H](O[C@@H]2O[C@H](C)C[C@H](N(C)C)[C@H]2O)[C@](C)(O)C[C@@H](C)/C(=N\OCC(=O)C(C)(C)C)[C@H](C)[C@@H](O)[C@]1(C)O. The smallest absolute Gasteiger partial charge is 0.311 e. The molecule has 18 atom stereocenters. The van der Waals surface area contributed by atoms with Crippen molar-refractivity contribution in [3.05, 3.63) is 0 Å². The van der Waals surface area contributed by atoms with E-state index in [1.54, 1.807) is 76.2 Å². The van der Waals surface area contributed by atoms with Gasteiger partial charge in [0.25, 0.3) is 0 Å². The zero-order valence-corrected chi connectivity index (χ0v) is 38.5. The van der Waals surface area contributed by atoms with E-state index in [9.17, 15) is 35.1 Å². The lowest BCUT2D eigenvalue weighted by Crippen LogP contribution is -2.61. The third-order valence-corrected chi connectivity index (χ3v) is 13.1. The van der Waals surface area contributed by atoms with Crippen molar-refractivity contribution < 1.29 is 68.4 Å². The van der Waals surface area contributed by atoms with Gasteiger partial charge in [0.05, 0.1) is 53.4 Å². The van der Waals surface area contributed by atoms with Crippen LogP contribution in [-0.2, 0) is 42.8 Å². The average Bonchev–Trinajstić information content (AvgIpc) is 3.14. The third kappa shape index (κ3) is 12.0. The topological polar surface area (TPSA) is 215 Å². The van der Waals surface area contributed by atoms with Crippen LogP contribution in [0.15, 0.2) is 5.16 Å². The molecule has 3 heterocycles. The minimum atomic E-state index is -2.00. The number of ketones is 1. The fourth-order valence-corrected chi connectivity index (χ4v) is 8.98.